The first kappa shape index (κ1) is 24.8. The number of ether oxygens (including phenoxy) is 3. The molecule has 0 aromatic heterocycles. The molecule has 2 atom stereocenters. The highest BCUT2D eigenvalue weighted by molar-refractivity contribution is 14.0. The van der Waals surface area contributed by atoms with Crippen LogP contribution in [-0.4, -0.2) is 70.5 Å². The van der Waals surface area contributed by atoms with Crippen LogP contribution in [0.15, 0.2) is 23.2 Å². The van der Waals surface area contributed by atoms with E-state index >= 15 is 0 Å². The summed E-state index contributed by atoms with van der Waals surface area (Å²) in [7, 11) is 5.07. The molecule has 2 unspecified atom stereocenters. The number of morpholine rings is 1. The smallest absolute Gasteiger partial charge is 0.191 e. The van der Waals surface area contributed by atoms with Gasteiger partial charge in [-0.25, -0.2) is 0 Å². The Balaban J connectivity index is 0.00000392. The highest BCUT2D eigenvalue weighted by atomic mass is 127. The monoisotopic (exact) mass is 506 g/mol. The zero-order valence-corrected chi connectivity index (χ0v) is 20.0. The van der Waals surface area contributed by atoms with Crippen LogP contribution < -0.4 is 20.1 Å². The van der Waals surface area contributed by atoms with Crippen molar-refractivity contribution < 1.29 is 14.2 Å². The third-order valence-corrected chi connectivity index (χ3v) is 4.57. The first-order valence-electron chi connectivity index (χ1n) is 9.59. The van der Waals surface area contributed by atoms with Crippen molar-refractivity contribution in [3.63, 3.8) is 0 Å². The minimum absolute atomic E-state index is 0. The van der Waals surface area contributed by atoms with E-state index in [-0.39, 0.29) is 24.0 Å². The molecule has 0 aliphatic carbocycles. The summed E-state index contributed by atoms with van der Waals surface area (Å²) in [6, 6.07) is 5.90. The Morgan fingerprint density at radius 2 is 1.82 bits per heavy atom. The van der Waals surface area contributed by atoms with Crippen molar-refractivity contribution in [1.29, 1.82) is 0 Å². The molecule has 1 fully saturated rings. The Kier molecular flexibility index (Phi) is 11.6. The summed E-state index contributed by atoms with van der Waals surface area (Å²) in [5.74, 6) is 2.26. The molecule has 0 amide bonds. The number of aliphatic imine (C=N–C) groups is 1. The molecule has 2 rings (SSSR count). The summed E-state index contributed by atoms with van der Waals surface area (Å²) in [6.07, 6.45) is 1.70. The van der Waals surface area contributed by atoms with Crippen LogP contribution in [0.25, 0.3) is 0 Å². The Morgan fingerprint density at radius 3 is 2.43 bits per heavy atom. The number of halogens is 1. The van der Waals surface area contributed by atoms with Crippen molar-refractivity contribution in [2.24, 2.45) is 4.99 Å². The van der Waals surface area contributed by atoms with Crippen molar-refractivity contribution in [3.8, 4) is 11.5 Å². The first-order valence-corrected chi connectivity index (χ1v) is 9.59. The topological polar surface area (TPSA) is 67.4 Å². The molecule has 0 radical (unpaired) electrons. The average Bonchev–Trinajstić information content (AvgIpc) is 2.66. The molecular formula is C20H35IN4O3. The minimum Gasteiger partial charge on any atom is -0.493 e. The number of nitrogens with one attached hydrogen (secondary N) is 2. The Hall–Kier alpha value is -1.26. The second-order valence-electron chi connectivity index (χ2n) is 6.91. The standard InChI is InChI=1S/C20H34N4O3.HI/c1-15-13-24(14-16(2)27-15)10-6-9-22-20(21-3)23-12-17-7-8-18(25-4)19(11-17)26-5;/h7-8,11,15-16H,6,9-10,12-14H2,1-5H3,(H2,21,22,23);1H. The van der Waals surface area contributed by atoms with Gasteiger partial charge in [0, 0.05) is 39.8 Å². The van der Waals surface area contributed by atoms with E-state index in [4.69, 9.17) is 14.2 Å². The van der Waals surface area contributed by atoms with Gasteiger partial charge in [-0.1, -0.05) is 6.07 Å². The maximum Gasteiger partial charge on any atom is 0.191 e. The van der Waals surface area contributed by atoms with E-state index in [2.05, 4.69) is 34.4 Å². The Labute approximate surface area is 186 Å². The summed E-state index contributed by atoms with van der Waals surface area (Å²) in [6.45, 7) is 8.91. The second kappa shape index (κ2) is 13.1. The van der Waals surface area contributed by atoms with E-state index in [0.717, 1.165) is 55.6 Å². The van der Waals surface area contributed by atoms with Gasteiger partial charge in [-0.15, -0.1) is 24.0 Å². The number of hydrogen-bond acceptors (Lipinski definition) is 5. The normalized spacial score (nSPS) is 20.2. The van der Waals surface area contributed by atoms with Crippen LogP contribution in [-0.2, 0) is 11.3 Å². The molecular weight excluding hydrogens is 471 g/mol. The molecule has 0 bridgehead atoms. The van der Waals surface area contributed by atoms with Gasteiger partial charge in [-0.05, 0) is 38.0 Å². The van der Waals surface area contributed by atoms with Crippen LogP contribution in [0.4, 0.5) is 0 Å². The van der Waals surface area contributed by atoms with Gasteiger partial charge < -0.3 is 24.8 Å². The fourth-order valence-electron chi connectivity index (χ4n) is 3.37. The molecule has 8 heteroatoms. The fourth-order valence-corrected chi connectivity index (χ4v) is 3.37. The van der Waals surface area contributed by atoms with E-state index in [9.17, 15) is 0 Å². The van der Waals surface area contributed by atoms with Gasteiger partial charge in [-0.3, -0.25) is 9.89 Å². The molecule has 1 aromatic rings. The summed E-state index contributed by atoms with van der Waals surface area (Å²) in [4.78, 5) is 6.77. The van der Waals surface area contributed by atoms with E-state index in [1.54, 1.807) is 21.3 Å². The predicted octanol–water partition coefficient (Wildman–Crippen LogP) is 2.49. The summed E-state index contributed by atoms with van der Waals surface area (Å²) in [5, 5.41) is 6.71. The molecule has 1 aliphatic rings. The van der Waals surface area contributed by atoms with Crippen LogP contribution in [0, 0.1) is 0 Å². The second-order valence-corrected chi connectivity index (χ2v) is 6.91. The Morgan fingerprint density at radius 1 is 1.14 bits per heavy atom. The SMILES string of the molecule is CN=C(NCCCN1CC(C)OC(C)C1)NCc1ccc(OC)c(OC)c1.I. The van der Waals surface area contributed by atoms with E-state index < -0.39 is 0 Å². The van der Waals surface area contributed by atoms with Crippen LogP contribution in [0.2, 0.25) is 0 Å². The van der Waals surface area contributed by atoms with Crippen molar-refractivity contribution in [2.75, 3.05) is 47.4 Å². The van der Waals surface area contributed by atoms with Crippen LogP contribution in [0.3, 0.4) is 0 Å². The number of methoxy groups -OCH3 is 2. The largest absolute Gasteiger partial charge is 0.493 e. The number of hydrogen-bond donors (Lipinski definition) is 2. The van der Waals surface area contributed by atoms with Crippen molar-refractivity contribution >= 4 is 29.9 Å². The molecule has 1 aromatic carbocycles. The fraction of sp³-hybridized carbons (Fsp3) is 0.650. The quantitative estimate of drug-likeness (QED) is 0.245. The van der Waals surface area contributed by atoms with Crippen molar-refractivity contribution in [1.82, 2.24) is 15.5 Å². The molecule has 1 aliphatic heterocycles. The van der Waals surface area contributed by atoms with Gasteiger partial charge >= 0.3 is 0 Å². The van der Waals surface area contributed by atoms with Gasteiger partial charge in [-0.2, -0.15) is 0 Å². The lowest BCUT2D eigenvalue weighted by atomic mass is 10.2. The van der Waals surface area contributed by atoms with Gasteiger partial charge in [0.05, 0.1) is 26.4 Å². The lowest BCUT2D eigenvalue weighted by Gasteiger charge is -2.35. The molecule has 1 saturated heterocycles. The zero-order chi connectivity index (χ0) is 19.6. The zero-order valence-electron chi connectivity index (χ0n) is 17.7. The number of rotatable bonds is 8. The number of guanidine groups is 1. The molecule has 7 nitrogen and oxygen atoms in total. The van der Waals surface area contributed by atoms with Gasteiger partial charge in [0.15, 0.2) is 17.5 Å². The molecule has 28 heavy (non-hydrogen) atoms. The van der Waals surface area contributed by atoms with Gasteiger partial charge in [0.25, 0.3) is 0 Å². The lowest BCUT2D eigenvalue weighted by molar-refractivity contribution is -0.0679. The summed E-state index contributed by atoms with van der Waals surface area (Å²) >= 11 is 0. The molecule has 2 N–H and O–H groups in total. The van der Waals surface area contributed by atoms with E-state index in [1.165, 1.54) is 0 Å². The molecule has 1 heterocycles. The lowest BCUT2D eigenvalue weighted by Crippen LogP contribution is -2.46. The highest BCUT2D eigenvalue weighted by Gasteiger charge is 2.21. The van der Waals surface area contributed by atoms with Crippen LogP contribution in [0.1, 0.15) is 25.8 Å². The molecule has 0 saturated carbocycles. The average molecular weight is 506 g/mol. The number of nitrogens with zero attached hydrogens (tertiary/aromatic N) is 2. The van der Waals surface area contributed by atoms with Gasteiger partial charge in [0.1, 0.15) is 0 Å². The number of benzene rings is 1. The van der Waals surface area contributed by atoms with Crippen molar-refractivity contribution in [3.05, 3.63) is 23.8 Å². The summed E-state index contributed by atoms with van der Waals surface area (Å²) in [5.41, 5.74) is 1.10. The maximum absolute atomic E-state index is 5.78. The van der Waals surface area contributed by atoms with Crippen LogP contribution >= 0.6 is 24.0 Å². The van der Waals surface area contributed by atoms with Crippen molar-refractivity contribution in [2.45, 2.75) is 39.0 Å². The van der Waals surface area contributed by atoms with E-state index in [1.807, 2.05) is 18.2 Å². The summed E-state index contributed by atoms with van der Waals surface area (Å²) < 4.78 is 16.4. The predicted molar refractivity (Wildman–Crippen MR) is 124 cm³/mol. The van der Waals surface area contributed by atoms with Crippen LogP contribution in [0.5, 0.6) is 11.5 Å². The van der Waals surface area contributed by atoms with E-state index in [0.29, 0.717) is 18.8 Å². The third-order valence-electron chi connectivity index (χ3n) is 4.57. The molecule has 160 valence electrons. The minimum atomic E-state index is 0. The Bertz CT molecular complexity index is 605. The van der Waals surface area contributed by atoms with Gasteiger partial charge in [0.2, 0.25) is 0 Å². The third kappa shape index (κ3) is 8.00. The molecule has 0 spiro atoms. The highest BCUT2D eigenvalue weighted by Crippen LogP contribution is 2.27. The maximum atomic E-state index is 5.78. The first-order chi connectivity index (χ1) is 13.0.